The van der Waals surface area contributed by atoms with Gasteiger partial charge in [-0.2, -0.15) is 0 Å². The van der Waals surface area contributed by atoms with Crippen LogP contribution in [-0.2, 0) is 11.3 Å². The van der Waals surface area contributed by atoms with Gasteiger partial charge in [0.05, 0.1) is 0 Å². The molecule has 0 atom stereocenters. The fourth-order valence-corrected chi connectivity index (χ4v) is 3.60. The van der Waals surface area contributed by atoms with E-state index in [-0.39, 0.29) is 11.6 Å². The quantitative estimate of drug-likeness (QED) is 0.870. The molecule has 1 heterocycles. The Morgan fingerprint density at radius 1 is 1.33 bits per heavy atom. The highest BCUT2D eigenvalue weighted by Gasteiger charge is 2.17. The van der Waals surface area contributed by atoms with Crippen molar-refractivity contribution in [3.63, 3.8) is 0 Å². The van der Waals surface area contributed by atoms with Crippen LogP contribution in [-0.4, -0.2) is 22.0 Å². The van der Waals surface area contributed by atoms with E-state index in [2.05, 4.69) is 10.3 Å². The Bertz CT molecular complexity index is 823. The maximum absolute atomic E-state index is 12.2. The van der Waals surface area contributed by atoms with Crippen molar-refractivity contribution in [3.05, 3.63) is 52.0 Å². The molecule has 0 radical (unpaired) electrons. The molecule has 1 aliphatic rings. The maximum Gasteiger partial charge on any atom is 0.355 e. The number of carboxylic acids is 1. The number of aromatic carboxylic acids is 1. The lowest BCUT2D eigenvalue weighted by atomic mass is 10.1. The summed E-state index contributed by atoms with van der Waals surface area (Å²) >= 11 is 1.30. The predicted octanol–water partition coefficient (Wildman–Crippen LogP) is 3.62. The number of aromatic nitrogens is 1. The fraction of sp³-hybridized carbons (Fsp3) is 0.278. The van der Waals surface area contributed by atoms with Gasteiger partial charge in [0.1, 0.15) is 5.01 Å². The van der Waals surface area contributed by atoms with Crippen molar-refractivity contribution in [2.45, 2.75) is 32.7 Å². The van der Waals surface area contributed by atoms with Crippen LogP contribution < -0.4 is 5.32 Å². The maximum atomic E-state index is 12.2. The number of rotatable bonds is 5. The molecule has 0 aliphatic heterocycles. The van der Waals surface area contributed by atoms with Gasteiger partial charge >= 0.3 is 5.97 Å². The molecule has 124 valence electrons. The van der Waals surface area contributed by atoms with Crippen molar-refractivity contribution in [2.75, 3.05) is 0 Å². The van der Waals surface area contributed by atoms with E-state index in [4.69, 9.17) is 5.11 Å². The summed E-state index contributed by atoms with van der Waals surface area (Å²) in [6.45, 7) is 2.46. The average molecular weight is 342 g/mol. The molecule has 1 aliphatic carbocycles. The fourth-order valence-electron chi connectivity index (χ4n) is 2.81. The molecule has 6 heteroatoms. The third-order valence-corrected chi connectivity index (χ3v) is 5.01. The first-order chi connectivity index (χ1) is 11.5. The van der Waals surface area contributed by atoms with Crippen LogP contribution in [0.5, 0.6) is 0 Å². The highest BCUT2D eigenvalue weighted by molar-refractivity contribution is 7.13. The number of allylic oxidation sites excluding steroid dienone is 1. The number of carbonyl (C=O) groups excluding carboxylic acids is 1. The van der Waals surface area contributed by atoms with Crippen LogP contribution in [0.15, 0.2) is 40.8 Å². The molecule has 0 bridgehead atoms. The Labute approximate surface area is 144 Å². The normalized spacial score (nSPS) is 14.0. The van der Waals surface area contributed by atoms with E-state index in [0.29, 0.717) is 11.6 Å². The Hall–Kier alpha value is -2.47. The number of amides is 1. The second-order valence-corrected chi connectivity index (χ2v) is 6.70. The molecule has 1 amide bonds. The van der Waals surface area contributed by atoms with E-state index in [1.165, 1.54) is 22.3 Å². The molecule has 0 unspecified atom stereocenters. The molecule has 3 rings (SSSR count). The Morgan fingerprint density at radius 2 is 2.17 bits per heavy atom. The van der Waals surface area contributed by atoms with Crippen molar-refractivity contribution in [1.29, 1.82) is 0 Å². The molecular weight excluding hydrogens is 324 g/mol. The first-order valence-corrected chi connectivity index (χ1v) is 8.67. The lowest BCUT2D eigenvalue weighted by molar-refractivity contribution is -0.117. The third-order valence-electron chi connectivity index (χ3n) is 4.12. The number of hydrogen-bond acceptors (Lipinski definition) is 4. The third kappa shape index (κ3) is 3.54. The van der Waals surface area contributed by atoms with Crippen LogP contribution in [0.3, 0.4) is 0 Å². The van der Waals surface area contributed by atoms with E-state index in [9.17, 15) is 9.59 Å². The molecule has 2 N–H and O–H groups in total. The smallest absolute Gasteiger partial charge is 0.355 e. The van der Waals surface area contributed by atoms with Gasteiger partial charge in [-0.25, -0.2) is 9.78 Å². The zero-order chi connectivity index (χ0) is 17.1. The summed E-state index contributed by atoms with van der Waals surface area (Å²) in [7, 11) is 0. The second-order valence-electron chi connectivity index (χ2n) is 5.84. The lowest BCUT2D eigenvalue weighted by Gasteiger charge is -2.08. The Kier molecular flexibility index (Phi) is 4.76. The van der Waals surface area contributed by atoms with E-state index >= 15 is 0 Å². The van der Waals surface area contributed by atoms with Gasteiger partial charge in [0.25, 0.3) is 0 Å². The van der Waals surface area contributed by atoms with Crippen molar-refractivity contribution < 1.29 is 14.7 Å². The standard InChI is InChI=1S/C18H18N2O3S/c1-11-4-2-7-14(11)16(21)19-9-12-5-3-6-13(8-12)17-20-15(10-24-17)18(22)23/h3,5-6,8,10H,2,4,7,9H2,1H3,(H,19,21)(H,22,23). The van der Waals surface area contributed by atoms with Gasteiger partial charge in [-0.15, -0.1) is 11.3 Å². The highest BCUT2D eigenvalue weighted by Crippen LogP contribution is 2.26. The van der Waals surface area contributed by atoms with Crippen molar-refractivity contribution in [1.82, 2.24) is 10.3 Å². The van der Waals surface area contributed by atoms with Crippen LogP contribution in [0.2, 0.25) is 0 Å². The molecule has 5 nitrogen and oxygen atoms in total. The van der Waals surface area contributed by atoms with Gasteiger partial charge in [0.2, 0.25) is 5.91 Å². The molecule has 0 saturated heterocycles. The number of benzene rings is 1. The number of nitrogens with one attached hydrogen (secondary N) is 1. The van der Waals surface area contributed by atoms with Crippen molar-refractivity contribution >= 4 is 23.2 Å². The van der Waals surface area contributed by atoms with E-state index in [1.54, 1.807) is 0 Å². The SMILES string of the molecule is CC1=C(C(=O)NCc2cccc(-c3nc(C(=O)O)cs3)c2)CCC1. The van der Waals surface area contributed by atoms with Gasteiger partial charge in [-0.3, -0.25) is 4.79 Å². The summed E-state index contributed by atoms with van der Waals surface area (Å²) in [4.78, 5) is 27.3. The number of carbonyl (C=O) groups is 2. The van der Waals surface area contributed by atoms with Gasteiger partial charge in [0.15, 0.2) is 5.69 Å². The Morgan fingerprint density at radius 3 is 2.83 bits per heavy atom. The van der Waals surface area contributed by atoms with Crippen molar-refractivity contribution in [2.24, 2.45) is 0 Å². The van der Waals surface area contributed by atoms with Crippen molar-refractivity contribution in [3.8, 4) is 10.6 Å². The summed E-state index contributed by atoms with van der Waals surface area (Å²) in [5.41, 5.74) is 3.97. The highest BCUT2D eigenvalue weighted by atomic mass is 32.1. The first-order valence-electron chi connectivity index (χ1n) is 7.79. The largest absolute Gasteiger partial charge is 0.476 e. The van der Waals surface area contributed by atoms with E-state index in [1.807, 2.05) is 31.2 Å². The minimum absolute atomic E-state index is 0.0119. The van der Waals surface area contributed by atoms with Crippen LogP contribution in [0, 0.1) is 0 Å². The summed E-state index contributed by atoms with van der Waals surface area (Å²) in [5.74, 6) is -1.01. The monoisotopic (exact) mass is 342 g/mol. The molecule has 24 heavy (non-hydrogen) atoms. The minimum Gasteiger partial charge on any atom is -0.476 e. The number of carboxylic acid groups (broad SMARTS) is 1. The van der Waals surface area contributed by atoms with Gasteiger partial charge < -0.3 is 10.4 Å². The molecule has 2 aromatic rings. The summed E-state index contributed by atoms with van der Waals surface area (Å²) in [6, 6.07) is 7.64. The molecule has 0 spiro atoms. The molecule has 0 saturated carbocycles. The number of nitrogens with zero attached hydrogens (tertiary/aromatic N) is 1. The van der Waals surface area contributed by atoms with Crippen LogP contribution in [0.4, 0.5) is 0 Å². The number of thiazole rings is 1. The zero-order valence-electron chi connectivity index (χ0n) is 13.3. The molecule has 1 aromatic heterocycles. The van der Waals surface area contributed by atoms with Gasteiger partial charge in [-0.05, 0) is 37.8 Å². The van der Waals surface area contributed by atoms with Crippen LogP contribution >= 0.6 is 11.3 Å². The first kappa shape index (κ1) is 16.4. The Balaban J connectivity index is 1.70. The van der Waals surface area contributed by atoms with Gasteiger partial charge in [-0.1, -0.05) is 23.8 Å². The second kappa shape index (κ2) is 6.97. The topological polar surface area (TPSA) is 79.3 Å². The minimum atomic E-state index is -1.03. The van der Waals surface area contributed by atoms with Crippen LogP contribution in [0.1, 0.15) is 42.2 Å². The van der Waals surface area contributed by atoms with E-state index < -0.39 is 5.97 Å². The summed E-state index contributed by atoms with van der Waals surface area (Å²) in [6.07, 6.45) is 2.92. The molecule has 1 aromatic carbocycles. The number of hydrogen-bond donors (Lipinski definition) is 2. The van der Waals surface area contributed by atoms with Gasteiger partial charge in [0, 0.05) is 23.1 Å². The summed E-state index contributed by atoms with van der Waals surface area (Å²) < 4.78 is 0. The van der Waals surface area contributed by atoms with Crippen LogP contribution in [0.25, 0.3) is 10.6 Å². The van der Waals surface area contributed by atoms with E-state index in [0.717, 1.165) is 36.0 Å². The molecular formula is C18H18N2O3S. The average Bonchev–Trinajstić information content (AvgIpc) is 3.22. The predicted molar refractivity (Wildman–Crippen MR) is 92.9 cm³/mol. The lowest BCUT2D eigenvalue weighted by Crippen LogP contribution is -2.24. The zero-order valence-corrected chi connectivity index (χ0v) is 14.2. The molecule has 0 fully saturated rings. The summed E-state index contributed by atoms with van der Waals surface area (Å²) in [5, 5.41) is 14.1.